The summed E-state index contributed by atoms with van der Waals surface area (Å²) in [6.45, 7) is 4.64. The Balaban J connectivity index is 1.63. The molecule has 2 aliphatic heterocycles. The zero-order chi connectivity index (χ0) is 21.5. The molecule has 0 aromatic heterocycles. The minimum absolute atomic E-state index is 0.122. The number of urea groups is 1. The van der Waals surface area contributed by atoms with Crippen LogP contribution >= 0.6 is 0 Å². The first-order valence-corrected chi connectivity index (χ1v) is 9.63. The third-order valence-corrected chi connectivity index (χ3v) is 5.57. The summed E-state index contributed by atoms with van der Waals surface area (Å²) in [5.74, 6) is 1.99. The highest BCUT2D eigenvalue weighted by atomic mass is 16.6. The van der Waals surface area contributed by atoms with Crippen LogP contribution in [-0.4, -0.2) is 44.3 Å². The molecule has 2 aliphatic rings. The Morgan fingerprint density at radius 3 is 2.40 bits per heavy atom. The first-order valence-electron chi connectivity index (χ1n) is 9.63. The second-order valence-electron chi connectivity index (χ2n) is 7.44. The summed E-state index contributed by atoms with van der Waals surface area (Å²) in [6.07, 6.45) is 0. The summed E-state index contributed by atoms with van der Waals surface area (Å²) in [6, 6.07) is 8.44. The van der Waals surface area contributed by atoms with Gasteiger partial charge in [-0.15, -0.1) is 0 Å². The third kappa shape index (κ3) is 3.18. The summed E-state index contributed by atoms with van der Waals surface area (Å²) in [4.78, 5) is 27.3. The lowest BCUT2D eigenvalue weighted by molar-refractivity contribution is -0.131. The molecule has 158 valence electrons. The fraction of sp³-hybridized carbons (Fsp3) is 0.364. The Kier molecular flexibility index (Phi) is 4.93. The molecule has 0 radical (unpaired) electrons. The van der Waals surface area contributed by atoms with E-state index < -0.39 is 11.6 Å². The molecule has 2 aromatic rings. The minimum atomic E-state index is -1.20. The molecule has 3 amide bonds. The van der Waals surface area contributed by atoms with E-state index >= 15 is 0 Å². The zero-order valence-electron chi connectivity index (χ0n) is 17.4. The summed E-state index contributed by atoms with van der Waals surface area (Å²) >= 11 is 0. The van der Waals surface area contributed by atoms with Crippen LogP contribution in [0.3, 0.4) is 0 Å². The molecular weight excluding hydrogens is 388 g/mol. The molecule has 0 bridgehead atoms. The second-order valence-corrected chi connectivity index (χ2v) is 7.44. The number of aryl methyl sites for hydroxylation is 1. The Labute approximate surface area is 174 Å². The lowest BCUT2D eigenvalue weighted by Crippen LogP contribution is -2.41. The van der Waals surface area contributed by atoms with E-state index in [0.29, 0.717) is 41.8 Å². The average Bonchev–Trinajstić information content (AvgIpc) is 2.98. The van der Waals surface area contributed by atoms with E-state index in [9.17, 15) is 9.59 Å². The number of hydrogen-bond acceptors (Lipinski definition) is 6. The van der Waals surface area contributed by atoms with Crippen LogP contribution in [-0.2, 0) is 16.9 Å². The van der Waals surface area contributed by atoms with Crippen molar-refractivity contribution < 1.29 is 28.5 Å². The van der Waals surface area contributed by atoms with Gasteiger partial charge in [0.15, 0.2) is 23.0 Å². The van der Waals surface area contributed by atoms with E-state index in [1.807, 2.05) is 13.0 Å². The van der Waals surface area contributed by atoms with E-state index in [-0.39, 0.29) is 12.5 Å². The Hall–Kier alpha value is -3.42. The molecule has 8 heteroatoms. The molecule has 1 atom stereocenters. The molecule has 4 rings (SSSR count). The van der Waals surface area contributed by atoms with E-state index in [0.717, 1.165) is 11.1 Å². The maximum atomic E-state index is 13.3. The van der Waals surface area contributed by atoms with Gasteiger partial charge in [-0.25, -0.2) is 4.79 Å². The maximum Gasteiger partial charge on any atom is 0.325 e. The number of rotatable bonds is 5. The Morgan fingerprint density at radius 2 is 1.70 bits per heavy atom. The number of methoxy groups -OCH3 is 2. The summed E-state index contributed by atoms with van der Waals surface area (Å²) < 4.78 is 21.8. The van der Waals surface area contributed by atoms with Crippen LogP contribution in [0.1, 0.15) is 23.6 Å². The molecule has 2 aromatic carbocycles. The van der Waals surface area contributed by atoms with Gasteiger partial charge in [0, 0.05) is 0 Å². The van der Waals surface area contributed by atoms with Crippen molar-refractivity contribution in [1.29, 1.82) is 0 Å². The molecule has 0 unspecified atom stereocenters. The van der Waals surface area contributed by atoms with Crippen LogP contribution in [0.4, 0.5) is 4.79 Å². The molecule has 0 saturated carbocycles. The first-order chi connectivity index (χ1) is 14.4. The van der Waals surface area contributed by atoms with Crippen molar-refractivity contribution in [3.63, 3.8) is 0 Å². The van der Waals surface area contributed by atoms with Crippen LogP contribution in [0.5, 0.6) is 23.0 Å². The van der Waals surface area contributed by atoms with E-state index in [4.69, 9.17) is 18.9 Å². The van der Waals surface area contributed by atoms with Gasteiger partial charge >= 0.3 is 6.03 Å². The highest BCUT2D eigenvalue weighted by molar-refractivity contribution is 6.07. The number of nitrogens with zero attached hydrogens (tertiary/aromatic N) is 1. The highest BCUT2D eigenvalue weighted by Crippen LogP contribution is 2.38. The highest BCUT2D eigenvalue weighted by Gasteiger charge is 2.49. The van der Waals surface area contributed by atoms with Gasteiger partial charge < -0.3 is 24.3 Å². The molecule has 2 heterocycles. The Bertz CT molecular complexity index is 1020. The van der Waals surface area contributed by atoms with Crippen molar-refractivity contribution in [2.45, 2.75) is 25.9 Å². The van der Waals surface area contributed by atoms with Crippen LogP contribution in [0.15, 0.2) is 30.3 Å². The number of fused-ring (bicyclic) bond motifs is 1. The monoisotopic (exact) mass is 412 g/mol. The fourth-order valence-electron chi connectivity index (χ4n) is 3.75. The number of benzene rings is 2. The first kappa shape index (κ1) is 19.9. The van der Waals surface area contributed by atoms with Gasteiger partial charge in [0.05, 0.1) is 20.8 Å². The van der Waals surface area contributed by atoms with Crippen LogP contribution in [0.25, 0.3) is 0 Å². The quantitative estimate of drug-likeness (QED) is 0.760. The zero-order valence-corrected chi connectivity index (χ0v) is 17.4. The Morgan fingerprint density at radius 1 is 1.03 bits per heavy atom. The van der Waals surface area contributed by atoms with Gasteiger partial charge in [0.1, 0.15) is 18.8 Å². The topological polar surface area (TPSA) is 86.3 Å². The lowest BCUT2D eigenvalue weighted by atomic mass is 9.91. The molecule has 1 saturated heterocycles. The van der Waals surface area contributed by atoms with Gasteiger partial charge in [0.25, 0.3) is 5.91 Å². The predicted molar refractivity (Wildman–Crippen MR) is 108 cm³/mol. The molecule has 0 aliphatic carbocycles. The van der Waals surface area contributed by atoms with Crippen LogP contribution in [0, 0.1) is 6.92 Å². The van der Waals surface area contributed by atoms with Crippen molar-refractivity contribution in [3.05, 3.63) is 47.0 Å². The summed E-state index contributed by atoms with van der Waals surface area (Å²) in [7, 11) is 3.11. The smallest absolute Gasteiger partial charge is 0.325 e. The molecule has 1 N–H and O–H groups in total. The van der Waals surface area contributed by atoms with E-state index in [2.05, 4.69) is 5.32 Å². The van der Waals surface area contributed by atoms with Gasteiger partial charge in [-0.2, -0.15) is 0 Å². The van der Waals surface area contributed by atoms with E-state index in [1.54, 1.807) is 45.4 Å². The van der Waals surface area contributed by atoms with Crippen molar-refractivity contribution in [2.24, 2.45) is 0 Å². The predicted octanol–water partition coefficient (Wildman–Crippen LogP) is 2.75. The molecule has 1 fully saturated rings. The van der Waals surface area contributed by atoms with Crippen LogP contribution in [0.2, 0.25) is 0 Å². The van der Waals surface area contributed by atoms with Crippen molar-refractivity contribution in [2.75, 3.05) is 27.4 Å². The van der Waals surface area contributed by atoms with Crippen LogP contribution < -0.4 is 24.3 Å². The average molecular weight is 412 g/mol. The number of carbonyl (C=O) groups is 2. The lowest BCUT2D eigenvalue weighted by Gasteiger charge is -2.25. The molecule has 0 spiro atoms. The fourth-order valence-corrected chi connectivity index (χ4v) is 3.75. The van der Waals surface area contributed by atoms with Gasteiger partial charge in [0.2, 0.25) is 0 Å². The molecule has 8 nitrogen and oxygen atoms in total. The molecule has 30 heavy (non-hydrogen) atoms. The van der Waals surface area contributed by atoms with Gasteiger partial charge in [-0.1, -0.05) is 6.07 Å². The summed E-state index contributed by atoms with van der Waals surface area (Å²) in [5.41, 5.74) is 1.12. The van der Waals surface area contributed by atoms with Crippen molar-refractivity contribution >= 4 is 11.9 Å². The van der Waals surface area contributed by atoms with Crippen molar-refractivity contribution in [1.82, 2.24) is 10.2 Å². The number of amides is 3. The third-order valence-electron chi connectivity index (χ3n) is 5.57. The maximum absolute atomic E-state index is 13.3. The number of carbonyl (C=O) groups excluding carboxylic acids is 2. The standard InChI is InChI=1S/C22H24N2O6/c1-13-9-17(27-3)18(28-4)10-14(13)12-24-20(25)22(2,23-21(24)26)15-5-6-16-19(11-15)30-8-7-29-16/h5-6,9-11H,7-8,12H2,1-4H3,(H,23,26)/t22-/m1/s1. The number of ether oxygens (including phenoxy) is 4. The summed E-state index contributed by atoms with van der Waals surface area (Å²) in [5, 5.41) is 2.83. The van der Waals surface area contributed by atoms with E-state index in [1.165, 1.54) is 4.90 Å². The minimum Gasteiger partial charge on any atom is -0.493 e. The number of imide groups is 1. The number of hydrogen-bond donors (Lipinski definition) is 1. The largest absolute Gasteiger partial charge is 0.493 e. The van der Waals surface area contributed by atoms with Gasteiger partial charge in [-0.05, 0) is 54.8 Å². The van der Waals surface area contributed by atoms with Gasteiger partial charge in [-0.3, -0.25) is 9.69 Å². The van der Waals surface area contributed by atoms with Crippen molar-refractivity contribution in [3.8, 4) is 23.0 Å². The molecular formula is C22H24N2O6. The SMILES string of the molecule is COc1cc(C)c(CN2C(=O)N[C@](C)(c3ccc4c(c3)OCCO4)C2=O)cc1OC. The normalized spacial score (nSPS) is 20.2. The second kappa shape index (κ2) is 7.44. The number of nitrogens with one attached hydrogen (secondary N) is 1.